The van der Waals surface area contributed by atoms with Crippen LogP contribution in [0.2, 0.25) is 0 Å². The van der Waals surface area contributed by atoms with E-state index in [-0.39, 0.29) is 13.1 Å². The molecule has 0 spiro atoms. The van der Waals surface area contributed by atoms with Crippen molar-refractivity contribution in [2.45, 2.75) is 46.3 Å². The normalized spacial score (nSPS) is 11.8. The SMILES string of the molecule is COC(=O)CNC(=O)C(c1c(C)cccc1C)N(CCO)C(=O)CNC(=O)OC(C)(C)C. The zero-order valence-corrected chi connectivity index (χ0v) is 19.5. The van der Waals surface area contributed by atoms with Crippen molar-refractivity contribution < 1.29 is 33.8 Å². The van der Waals surface area contributed by atoms with Crippen LogP contribution in [0.5, 0.6) is 0 Å². The lowest BCUT2D eigenvalue weighted by molar-refractivity contribution is -0.144. The summed E-state index contributed by atoms with van der Waals surface area (Å²) in [5, 5.41) is 14.4. The van der Waals surface area contributed by atoms with E-state index in [1.807, 2.05) is 6.07 Å². The molecular weight excluding hydrogens is 418 g/mol. The zero-order chi connectivity index (χ0) is 24.5. The molecule has 32 heavy (non-hydrogen) atoms. The molecular formula is C22H33N3O7. The lowest BCUT2D eigenvalue weighted by atomic mass is 9.94. The minimum absolute atomic E-state index is 0.168. The Labute approximate surface area is 188 Å². The third kappa shape index (κ3) is 8.18. The Morgan fingerprint density at radius 3 is 2.16 bits per heavy atom. The highest BCUT2D eigenvalue weighted by Crippen LogP contribution is 2.27. The molecule has 0 bridgehead atoms. The van der Waals surface area contributed by atoms with Gasteiger partial charge in [0.25, 0.3) is 0 Å². The molecule has 0 aliphatic heterocycles. The Bertz CT molecular complexity index is 813. The number of aliphatic hydroxyl groups is 1. The summed E-state index contributed by atoms with van der Waals surface area (Å²) >= 11 is 0. The molecule has 1 atom stereocenters. The van der Waals surface area contributed by atoms with E-state index in [1.165, 1.54) is 12.0 Å². The molecule has 0 aliphatic rings. The van der Waals surface area contributed by atoms with Crippen molar-refractivity contribution in [3.8, 4) is 0 Å². The van der Waals surface area contributed by atoms with Crippen LogP contribution in [-0.2, 0) is 23.9 Å². The largest absolute Gasteiger partial charge is 0.468 e. The average Bonchev–Trinajstić information content (AvgIpc) is 2.70. The summed E-state index contributed by atoms with van der Waals surface area (Å²) in [5.41, 5.74) is 1.32. The maximum absolute atomic E-state index is 13.1. The van der Waals surface area contributed by atoms with Crippen LogP contribution in [0.15, 0.2) is 18.2 Å². The lowest BCUT2D eigenvalue weighted by Crippen LogP contribution is -2.49. The van der Waals surface area contributed by atoms with Gasteiger partial charge in [-0.15, -0.1) is 0 Å². The fraction of sp³-hybridized carbons (Fsp3) is 0.545. The van der Waals surface area contributed by atoms with Crippen LogP contribution in [0.4, 0.5) is 4.79 Å². The molecule has 1 aromatic rings. The highest BCUT2D eigenvalue weighted by atomic mass is 16.6. The fourth-order valence-electron chi connectivity index (χ4n) is 3.08. The Kier molecular flexibility index (Phi) is 10.1. The maximum atomic E-state index is 13.1. The van der Waals surface area contributed by atoms with E-state index in [0.29, 0.717) is 5.56 Å². The van der Waals surface area contributed by atoms with Crippen molar-refractivity contribution in [1.82, 2.24) is 15.5 Å². The Balaban J connectivity index is 3.23. The molecule has 0 fully saturated rings. The third-order valence-corrected chi connectivity index (χ3v) is 4.45. The molecule has 0 aromatic heterocycles. The molecule has 3 amide bonds. The van der Waals surface area contributed by atoms with Gasteiger partial charge in [0, 0.05) is 6.54 Å². The minimum atomic E-state index is -1.14. The minimum Gasteiger partial charge on any atom is -0.468 e. The number of alkyl carbamates (subject to hydrolysis) is 1. The molecule has 0 saturated carbocycles. The average molecular weight is 452 g/mol. The number of hydrogen-bond donors (Lipinski definition) is 3. The van der Waals surface area contributed by atoms with Crippen LogP contribution >= 0.6 is 0 Å². The second kappa shape index (κ2) is 12.0. The number of benzene rings is 1. The van der Waals surface area contributed by atoms with Crippen LogP contribution in [0.25, 0.3) is 0 Å². The van der Waals surface area contributed by atoms with Crippen LogP contribution in [0.3, 0.4) is 0 Å². The van der Waals surface area contributed by atoms with Gasteiger partial charge < -0.3 is 30.1 Å². The fourth-order valence-corrected chi connectivity index (χ4v) is 3.08. The van der Waals surface area contributed by atoms with Crippen molar-refractivity contribution in [3.63, 3.8) is 0 Å². The molecule has 1 aromatic carbocycles. The van der Waals surface area contributed by atoms with Gasteiger partial charge in [0.05, 0.1) is 13.7 Å². The highest BCUT2D eigenvalue weighted by molar-refractivity contribution is 5.92. The van der Waals surface area contributed by atoms with Crippen LogP contribution in [0.1, 0.15) is 43.5 Å². The smallest absolute Gasteiger partial charge is 0.408 e. The Morgan fingerprint density at radius 1 is 1.06 bits per heavy atom. The number of nitrogens with zero attached hydrogens (tertiary/aromatic N) is 1. The summed E-state index contributed by atoms with van der Waals surface area (Å²) in [6.07, 6.45) is -0.784. The summed E-state index contributed by atoms with van der Waals surface area (Å²) in [6, 6.07) is 4.27. The molecule has 10 nitrogen and oxygen atoms in total. The summed E-state index contributed by atoms with van der Waals surface area (Å²) in [7, 11) is 1.20. The molecule has 0 heterocycles. The van der Waals surface area contributed by atoms with Crippen molar-refractivity contribution in [1.29, 1.82) is 0 Å². The number of rotatable bonds is 9. The van der Waals surface area contributed by atoms with Crippen LogP contribution < -0.4 is 10.6 Å². The predicted molar refractivity (Wildman–Crippen MR) is 117 cm³/mol. The molecule has 0 aliphatic carbocycles. The molecule has 0 radical (unpaired) electrons. The van der Waals surface area contributed by atoms with Gasteiger partial charge in [0.15, 0.2) is 0 Å². The van der Waals surface area contributed by atoms with Crippen molar-refractivity contribution >= 4 is 23.9 Å². The zero-order valence-electron chi connectivity index (χ0n) is 19.5. The highest BCUT2D eigenvalue weighted by Gasteiger charge is 2.33. The first-order valence-electron chi connectivity index (χ1n) is 10.2. The summed E-state index contributed by atoms with van der Waals surface area (Å²) in [6.45, 7) is 7.25. The van der Waals surface area contributed by atoms with Crippen molar-refractivity contribution in [2.24, 2.45) is 0 Å². The second-order valence-corrected chi connectivity index (χ2v) is 8.17. The summed E-state index contributed by atoms with van der Waals surface area (Å²) in [5.74, 6) is -1.87. The molecule has 3 N–H and O–H groups in total. The molecule has 1 unspecified atom stereocenters. The molecule has 0 saturated heterocycles. The molecule has 1 rings (SSSR count). The summed E-state index contributed by atoms with van der Waals surface area (Å²) in [4.78, 5) is 50.8. The Morgan fingerprint density at radius 2 is 1.66 bits per heavy atom. The molecule has 178 valence electrons. The number of carbonyl (C=O) groups excluding carboxylic acids is 4. The van der Waals surface area contributed by atoms with Crippen molar-refractivity contribution in [2.75, 3.05) is 33.4 Å². The number of amides is 3. The second-order valence-electron chi connectivity index (χ2n) is 8.17. The number of carbonyl (C=O) groups is 4. The van der Waals surface area contributed by atoms with Gasteiger partial charge in [0.2, 0.25) is 11.8 Å². The number of nitrogens with one attached hydrogen (secondary N) is 2. The third-order valence-electron chi connectivity index (χ3n) is 4.45. The van der Waals surface area contributed by atoms with Gasteiger partial charge in [-0.05, 0) is 51.3 Å². The summed E-state index contributed by atoms with van der Waals surface area (Å²) < 4.78 is 9.69. The number of hydrogen-bond acceptors (Lipinski definition) is 7. The van der Waals surface area contributed by atoms with Crippen LogP contribution in [-0.4, -0.2) is 72.8 Å². The predicted octanol–water partition coefficient (Wildman–Crippen LogP) is 0.979. The lowest BCUT2D eigenvalue weighted by Gasteiger charge is -2.32. The van der Waals surface area contributed by atoms with Crippen molar-refractivity contribution in [3.05, 3.63) is 34.9 Å². The standard InChI is InChI=1S/C22H33N3O7/c1-14-8-7-9-15(2)18(14)19(20(29)23-13-17(28)31-6)25(10-11-26)16(27)12-24-21(30)32-22(3,4)5/h7-9,19,26H,10-13H2,1-6H3,(H,23,29)(H,24,30). The van der Waals surface area contributed by atoms with Gasteiger partial charge in [0.1, 0.15) is 24.7 Å². The number of methoxy groups -OCH3 is 1. The van der Waals surface area contributed by atoms with E-state index in [1.54, 1.807) is 46.8 Å². The topological polar surface area (TPSA) is 134 Å². The van der Waals surface area contributed by atoms with Gasteiger partial charge in [-0.2, -0.15) is 0 Å². The monoisotopic (exact) mass is 451 g/mol. The van der Waals surface area contributed by atoms with E-state index in [4.69, 9.17) is 4.74 Å². The van der Waals surface area contributed by atoms with E-state index < -0.39 is 48.7 Å². The number of ether oxygens (including phenoxy) is 2. The van der Waals surface area contributed by atoms with Gasteiger partial charge in [-0.1, -0.05) is 18.2 Å². The Hall–Kier alpha value is -3.14. The van der Waals surface area contributed by atoms with Crippen LogP contribution in [0, 0.1) is 13.8 Å². The van der Waals surface area contributed by atoms with E-state index in [2.05, 4.69) is 15.4 Å². The molecule has 10 heteroatoms. The number of aryl methyl sites for hydroxylation is 2. The van der Waals surface area contributed by atoms with Gasteiger partial charge in [-0.25, -0.2) is 4.79 Å². The van der Waals surface area contributed by atoms with E-state index >= 15 is 0 Å². The van der Waals surface area contributed by atoms with Gasteiger partial charge in [-0.3, -0.25) is 14.4 Å². The number of esters is 1. The first-order valence-corrected chi connectivity index (χ1v) is 10.2. The number of aliphatic hydroxyl groups excluding tert-OH is 1. The first-order chi connectivity index (χ1) is 14.9. The van der Waals surface area contributed by atoms with E-state index in [0.717, 1.165) is 11.1 Å². The van der Waals surface area contributed by atoms with Gasteiger partial charge >= 0.3 is 12.1 Å². The maximum Gasteiger partial charge on any atom is 0.408 e. The van der Waals surface area contributed by atoms with E-state index in [9.17, 15) is 24.3 Å². The quantitative estimate of drug-likeness (QED) is 0.477. The first kappa shape index (κ1) is 26.9.